The van der Waals surface area contributed by atoms with E-state index in [0.717, 1.165) is 19.5 Å². The van der Waals surface area contributed by atoms with Crippen molar-refractivity contribution in [3.8, 4) is 0 Å². The molecule has 0 N–H and O–H groups in total. The van der Waals surface area contributed by atoms with E-state index >= 15 is 0 Å². The summed E-state index contributed by atoms with van der Waals surface area (Å²) in [5.74, 6) is 0. The summed E-state index contributed by atoms with van der Waals surface area (Å²) in [6.45, 7) is 5.26. The van der Waals surface area contributed by atoms with Crippen LogP contribution in [-0.4, -0.2) is 30.7 Å². The van der Waals surface area contributed by atoms with Crippen LogP contribution in [0.1, 0.15) is 6.42 Å². The number of nitrogens with zero attached hydrogens (tertiary/aromatic N) is 1. The number of likely N-dealkylation sites (tertiary alicyclic amines) is 1. The van der Waals surface area contributed by atoms with E-state index in [1.54, 1.807) is 11.0 Å². The molecule has 1 aliphatic heterocycles. The van der Waals surface area contributed by atoms with Crippen molar-refractivity contribution in [2.24, 2.45) is 0 Å². The molecule has 1 aliphatic rings. The van der Waals surface area contributed by atoms with Gasteiger partial charge < -0.3 is 9.64 Å². The molecule has 0 aromatic rings. The Labute approximate surface area is 66.6 Å². The summed E-state index contributed by atoms with van der Waals surface area (Å²) in [6.07, 6.45) is 4.37. The van der Waals surface area contributed by atoms with Crippen molar-refractivity contribution in [2.45, 2.75) is 6.42 Å². The van der Waals surface area contributed by atoms with Crippen LogP contribution < -0.4 is 0 Å². The zero-order valence-electron chi connectivity index (χ0n) is 6.45. The molecular weight excluding hydrogens is 142 g/mol. The van der Waals surface area contributed by atoms with Crippen molar-refractivity contribution in [1.82, 2.24) is 4.90 Å². The summed E-state index contributed by atoms with van der Waals surface area (Å²) in [5, 5.41) is 0. The van der Waals surface area contributed by atoms with Gasteiger partial charge in [-0.3, -0.25) is 0 Å². The molecule has 11 heavy (non-hydrogen) atoms. The molecule has 0 bridgehead atoms. The highest BCUT2D eigenvalue weighted by Crippen LogP contribution is 2.07. The minimum atomic E-state index is -0.237. The Balaban J connectivity index is 2.22. The summed E-state index contributed by atoms with van der Waals surface area (Å²) in [6, 6.07) is 0. The molecule has 1 saturated heterocycles. The predicted molar refractivity (Wildman–Crippen MR) is 42.0 cm³/mol. The third-order valence-electron chi connectivity index (χ3n) is 1.54. The molecule has 0 aromatic carbocycles. The van der Waals surface area contributed by atoms with Crippen LogP contribution in [0.3, 0.4) is 0 Å². The zero-order valence-corrected chi connectivity index (χ0v) is 6.45. The van der Waals surface area contributed by atoms with Gasteiger partial charge in [0.25, 0.3) is 0 Å². The Morgan fingerprint density at radius 1 is 1.82 bits per heavy atom. The minimum absolute atomic E-state index is 0.237. The molecule has 61 valence electrons. The maximum Gasteiger partial charge on any atom is 0.410 e. The number of carbonyl (C=O) groups is 1. The summed E-state index contributed by atoms with van der Waals surface area (Å²) < 4.78 is 4.82. The molecule has 0 spiro atoms. The van der Waals surface area contributed by atoms with Crippen LogP contribution in [0, 0.1) is 6.42 Å². The second kappa shape index (κ2) is 4.01. The maximum absolute atomic E-state index is 11.0. The number of carbonyl (C=O) groups excluding carboxylic acids is 1. The zero-order chi connectivity index (χ0) is 8.10. The standard InChI is InChI=1S/C8H12NO2/c1-2-7-11-8(10)9-5-3-4-6-9/h2-3H,1,4-7H2. The van der Waals surface area contributed by atoms with Crippen molar-refractivity contribution in [2.75, 3.05) is 19.7 Å². The average molecular weight is 154 g/mol. The first-order valence-corrected chi connectivity index (χ1v) is 3.69. The van der Waals surface area contributed by atoms with Crippen LogP contribution in [0.2, 0.25) is 0 Å². The van der Waals surface area contributed by atoms with Crippen molar-refractivity contribution in [1.29, 1.82) is 0 Å². The topological polar surface area (TPSA) is 29.5 Å². The highest BCUT2D eigenvalue weighted by molar-refractivity contribution is 5.68. The molecule has 1 heterocycles. The molecule has 1 radical (unpaired) electrons. The number of hydrogen-bond donors (Lipinski definition) is 0. The Kier molecular flexibility index (Phi) is 2.95. The van der Waals surface area contributed by atoms with Gasteiger partial charge in [-0.2, -0.15) is 0 Å². The van der Waals surface area contributed by atoms with E-state index in [2.05, 4.69) is 13.0 Å². The van der Waals surface area contributed by atoms with Gasteiger partial charge in [-0.1, -0.05) is 12.7 Å². The first kappa shape index (κ1) is 8.11. The van der Waals surface area contributed by atoms with E-state index in [-0.39, 0.29) is 6.09 Å². The SMILES string of the molecule is C=CCOC(=O)N1C[CH]CC1. The normalized spacial score (nSPS) is 16.5. The molecule has 3 nitrogen and oxygen atoms in total. The van der Waals surface area contributed by atoms with E-state index in [4.69, 9.17) is 4.74 Å². The molecule has 0 unspecified atom stereocenters. The van der Waals surface area contributed by atoms with Gasteiger partial charge in [0.1, 0.15) is 6.61 Å². The van der Waals surface area contributed by atoms with Crippen LogP contribution in [0.5, 0.6) is 0 Å². The first-order chi connectivity index (χ1) is 5.34. The summed E-state index contributed by atoms with van der Waals surface area (Å²) in [4.78, 5) is 12.7. The lowest BCUT2D eigenvalue weighted by Gasteiger charge is -2.13. The highest BCUT2D eigenvalue weighted by Gasteiger charge is 2.18. The monoisotopic (exact) mass is 154 g/mol. The van der Waals surface area contributed by atoms with Gasteiger partial charge in [-0.25, -0.2) is 4.79 Å². The van der Waals surface area contributed by atoms with Crippen molar-refractivity contribution in [3.63, 3.8) is 0 Å². The predicted octanol–water partition coefficient (Wildman–Crippen LogP) is 1.22. The smallest absolute Gasteiger partial charge is 0.410 e. The maximum atomic E-state index is 11.0. The van der Waals surface area contributed by atoms with Crippen molar-refractivity contribution >= 4 is 6.09 Å². The summed E-state index contributed by atoms with van der Waals surface area (Å²) >= 11 is 0. The van der Waals surface area contributed by atoms with Gasteiger partial charge in [0.15, 0.2) is 0 Å². The van der Waals surface area contributed by atoms with Crippen molar-refractivity contribution in [3.05, 3.63) is 19.1 Å². The highest BCUT2D eigenvalue weighted by atomic mass is 16.6. The van der Waals surface area contributed by atoms with Crippen LogP contribution in [0.15, 0.2) is 12.7 Å². The lowest BCUT2D eigenvalue weighted by molar-refractivity contribution is 0.122. The number of hydrogen-bond acceptors (Lipinski definition) is 2. The Hall–Kier alpha value is -0.990. The van der Waals surface area contributed by atoms with Gasteiger partial charge in [-0.15, -0.1) is 0 Å². The Morgan fingerprint density at radius 3 is 3.18 bits per heavy atom. The number of amides is 1. The quantitative estimate of drug-likeness (QED) is 0.560. The molecule has 1 amide bonds. The number of ether oxygens (including phenoxy) is 1. The first-order valence-electron chi connectivity index (χ1n) is 3.69. The fourth-order valence-electron chi connectivity index (χ4n) is 0.973. The number of rotatable bonds is 2. The fraction of sp³-hybridized carbons (Fsp3) is 0.500. The van der Waals surface area contributed by atoms with Gasteiger partial charge in [-0.05, 0) is 12.8 Å². The lowest BCUT2D eigenvalue weighted by Crippen LogP contribution is -2.28. The Morgan fingerprint density at radius 2 is 2.64 bits per heavy atom. The Bertz CT molecular complexity index is 150. The van der Waals surface area contributed by atoms with Gasteiger partial charge in [0.2, 0.25) is 0 Å². The molecule has 0 aliphatic carbocycles. The summed E-state index contributed by atoms with van der Waals surface area (Å²) in [5.41, 5.74) is 0. The second-order valence-electron chi connectivity index (χ2n) is 2.39. The van der Waals surface area contributed by atoms with E-state index < -0.39 is 0 Å². The summed E-state index contributed by atoms with van der Waals surface area (Å²) in [7, 11) is 0. The molecule has 3 heteroatoms. The lowest BCUT2D eigenvalue weighted by atomic mass is 10.4. The largest absolute Gasteiger partial charge is 0.445 e. The van der Waals surface area contributed by atoms with Crippen LogP contribution >= 0.6 is 0 Å². The van der Waals surface area contributed by atoms with Gasteiger partial charge in [0.05, 0.1) is 0 Å². The van der Waals surface area contributed by atoms with Gasteiger partial charge in [0, 0.05) is 13.1 Å². The molecule has 1 rings (SSSR count). The molecule has 0 saturated carbocycles. The van der Waals surface area contributed by atoms with Crippen LogP contribution in [0.25, 0.3) is 0 Å². The van der Waals surface area contributed by atoms with E-state index in [1.807, 2.05) is 0 Å². The van der Waals surface area contributed by atoms with E-state index in [9.17, 15) is 4.79 Å². The fourth-order valence-corrected chi connectivity index (χ4v) is 0.973. The van der Waals surface area contributed by atoms with Crippen LogP contribution in [0.4, 0.5) is 4.79 Å². The van der Waals surface area contributed by atoms with Gasteiger partial charge >= 0.3 is 6.09 Å². The van der Waals surface area contributed by atoms with Crippen molar-refractivity contribution < 1.29 is 9.53 Å². The molecule has 0 atom stereocenters. The third-order valence-corrected chi connectivity index (χ3v) is 1.54. The van der Waals surface area contributed by atoms with E-state index in [0.29, 0.717) is 6.61 Å². The second-order valence-corrected chi connectivity index (χ2v) is 2.39. The average Bonchev–Trinajstić information content (AvgIpc) is 2.52. The minimum Gasteiger partial charge on any atom is -0.445 e. The molecule has 0 aromatic heterocycles. The molecule has 1 fully saturated rings. The van der Waals surface area contributed by atoms with Crippen LogP contribution in [-0.2, 0) is 4.74 Å². The third kappa shape index (κ3) is 2.26. The van der Waals surface area contributed by atoms with E-state index in [1.165, 1.54) is 0 Å². The molecular formula is C8H12NO2.